The number of thiazole rings is 1. The fraction of sp³-hybridized carbons (Fsp3) is 0.564. The monoisotopic (exact) mass is 763 g/mol. The number of pyridine rings is 1. The highest BCUT2D eigenvalue weighted by Gasteiger charge is 2.62. The molecule has 3 fully saturated rings. The van der Waals surface area contributed by atoms with Gasteiger partial charge in [-0.2, -0.15) is 0 Å². The number of hydrogen-bond donors (Lipinski definition) is 2. The van der Waals surface area contributed by atoms with Crippen LogP contribution >= 0.6 is 11.3 Å². The fourth-order valence-electron chi connectivity index (χ4n) is 7.78. The van der Waals surface area contributed by atoms with Crippen molar-refractivity contribution in [3.63, 3.8) is 0 Å². The van der Waals surface area contributed by atoms with E-state index in [0.29, 0.717) is 43.7 Å². The smallest absolute Gasteiger partial charge is 0.259 e. The number of aromatic nitrogens is 2. The van der Waals surface area contributed by atoms with Gasteiger partial charge in [0.15, 0.2) is 0 Å². The average Bonchev–Trinajstić information content (AvgIpc) is 4.01. The van der Waals surface area contributed by atoms with E-state index in [1.807, 2.05) is 35.7 Å². The van der Waals surface area contributed by atoms with Crippen molar-refractivity contribution in [2.45, 2.75) is 101 Å². The van der Waals surface area contributed by atoms with Gasteiger partial charge in [0.05, 0.1) is 35.4 Å². The minimum atomic E-state index is -3.83. The summed E-state index contributed by atoms with van der Waals surface area (Å²) < 4.78 is 40.4. The predicted octanol–water partition coefficient (Wildman–Crippen LogP) is 5.51. The molecule has 14 heteroatoms. The number of carbonyl (C=O) groups excluding carboxylic acids is 3. The number of nitrogens with zero attached hydrogens (tertiary/aromatic N) is 3. The third kappa shape index (κ3) is 7.41. The Labute approximate surface area is 315 Å². The van der Waals surface area contributed by atoms with Gasteiger partial charge >= 0.3 is 0 Å². The maximum atomic E-state index is 14.3. The lowest BCUT2D eigenvalue weighted by atomic mass is 9.93. The highest BCUT2D eigenvalue weighted by Crippen LogP contribution is 2.47. The molecular formula is C39H49N5O7S2. The van der Waals surface area contributed by atoms with Gasteiger partial charge in [0.25, 0.3) is 5.91 Å². The minimum absolute atomic E-state index is 0.145. The normalized spacial score (nSPS) is 26.5. The second-order valence-electron chi connectivity index (χ2n) is 15.3. The van der Waals surface area contributed by atoms with Gasteiger partial charge in [0.1, 0.15) is 33.8 Å². The van der Waals surface area contributed by atoms with Crippen molar-refractivity contribution >= 4 is 50.0 Å². The summed E-state index contributed by atoms with van der Waals surface area (Å²) in [5.74, 6) is -1.58. The third-order valence-corrected chi connectivity index (χ3v) is 13.9. The summed E-state index contributed by atoms with van der Waals surface area (Å²) in [4.78, 5) is 53.7. The second-order valence-corrected chi connectivity index (χ2v) is 18.1. The fourth-order valence-corrected chi connectivity index (χ4v) is 10.1. The van der Waals surface area contributed by atoms with Gasteiger partial charge in [-0.05, 0) is 75.8 Å². The maximum Gasteiger partial charge on any atom is 0.259 e. The van der Waals surface area contributed by atoms with E-state index in [4.69, 9.17) is 19.4 Å². The van der Waals surface area contributed by atoms with Crippen molar-refractivity contribution in [2.75, 3.05) is 20.7 Å². The Morgan fingerprint density at radius 3 is 2.60 bits per heavy atom. The Kier molecular flexibility index (Phi) is 10.3. The molecule has 53 heavy (non-hydrogen) atoms. The molecule has 0 saturated heterocycles. The van der Waals surface area contributed by atoms with Crippen LogP contribution in [0.2, 0.25) is 0 Å². The molecule has 1 aliphatic heterocycles. The summed E-state index contributed by atoms with van der Waals surface area (Å²) in [6.45, 7) is 6.81. The zero-order valence-corrected chi connectivity index (χ0v) is 32.6. The Hall–Kier alpha value is -4.04. The molecule has 0 radical (unpaired) electrons. The van der Waals surface area contributed by atoms with E-state index in [2.05, 4.69) is 30.8 Å². The van der Waals surface area contributed by atoms with E-state index in [0.717, 1.165) is 52.2 Å². The summed E-state index contributed by atoms with van der Waals surface area (Å²) >= 11 is 1.52. The summed E-state index contributed by atoms with van der Waals surface area (Å²) in [7, 11) is -0.423. The minimum Gasteiger partial charge on any atom is -0.496 e. The largest absolute Gasteiger partial charge is 0.496 e. The van der Waals surface area contributed by atoms with Crippen LogP contribution in [0.3, 0.4) is 0 Å². The first kappa shape index (κ1) is 37.3. The molecule has 3 aliphatic carbocycles. The number of benzene rings is 1. The Bertz CT molecular complexity index is 2060. The molecule has 1 aromatic carbocycles. The summed E-state index contributed by atoms with van der Waals surface area (Å²) in [5, 5.41) is 5.99. The Morgan fingerprint density at radius 1 is 1.13 bits per heavy atom. The molecular weight excluding hydrogens is 715 g/mol. The number of rotatable bonds is 9. The molecule has 2 N–H and O–H groups in total. The molecule has 3 amide bonds. The molecule has 7 rings (SSSR count). The van der Waals surface area contributed by atoms with Crippen LogP contribution in [0, 0.1) is 17.8 Å². The molecule has 0 bridgehead atoms. The SMILES string of the molecule is CCc1c(OC)ccc2c(O[C@@H]3C[C@H]4C(=O)N[C@]5(C(=O)NS(=O)(=O)C6CC6)C[C@H]5C=CCCCCN(C)C(=O)[C@@H]4C3)cc(-c3nc(C(C)C)cs3)nc12. The van der Waals surface area contributed by atoms with Gasteiger partial charge < -0.3 is 19.7 Å². The zero-order valence-electron chi connectivity index (χ0n) is 31.0. The number of amides is 3. The van der Waals surface area contributed by atoms with Crippen molar-refractivity contribution in [3.05, 3.63) is 47.0 Å². The average molecular weight is 764 g/mol. The van der Waals surface area contributed by atoms with Crippen molar-refractivity contribution < 1.29 is 32.3 Å². The number of allylic oxidation sites excluding steroid dienone is 1. The van der Waals surface area contributed by atoms with Crippen molar-refractivity contribution in [2.24, 2.45) is 17.8 Å². The van der Waals surface area contributed by atoms with E-state index in [-0.39, 0.29) is 30.6 Å². The summed E-state index contributed by atoms with van der Waals surface area (Å²) in [6.07, 6.45) is 8.30. The number of hydrogen-bond acceptors (Lipinski definition) is 10. The van der Waals surface area contributed by atoms with Crippen LogP contribution in [0.1, 0.15) is 89.3 Å². The van der Waals surface area contributed by atoms with Crippen molar-refractivity contribution in [1.29, 1.82) is 0 Å². The first-order chi connectivity index (χ1) is 25.3. The molecule has 3 heterocycles. The van der Waals surface area contributed by atoms with E-state index >= 15 is 0 Å². The van der Waals surface area contributed by atoms with Gasteiger partial charge in [-0.3, -0.25) is 19.1 Å². The van der Waals surface area contributed by atoms with E-state index in [1.54, 1.807) is 19.1 Å². The molecule has 5 atom stereocenters. The Morgan fingerprint density at radius 2 is 1.91 bits per heavy atom. The molecule has 3 aromatic rings. The van der Waals surface area contributed by atoms with Crippen LogP contribution in [0.5, 0.6) is 11.5 Å². The van der Waals surface area contributed by atoms with Crippen LogP contribution in [0.25, 0.3) is 21.6 Å². The van der Waals surface area contributed by atoms with Gasteiger partial charge in [-0.1, -0.05) is 32.9 Å². The molecule has 12 nitrogen and oxygen atoms in total. The van der Waals surface area contributed by atoms with Gasteiger partial charge in [0, 0.05) is 41.9 Å². The third-order valence-electron chi connectivity index (χ3n) is 11.2. The Balaban J connectivity index is 1.22. The number of ether oxygens (including phenoxy) is 2. The van der Waals surface area contributed by atoms with Gasteiger partial charge in [-0.25, -0.2) is 18.4 Å². The second kappa shape index (κ2) is 14.7. The maximum absolute atomic E-state index is 14.3. The van der Waals surface area contributed by atoms with Crippen LogP contribution in [-0.2, 0) is 30.8 Å². The first-order valence-corrected chi connectivity index (χ1v) is 21.2. The number of sulfonamides is 1. The summed E-state index contributed by atoms with van der Waals surface area (Å²) in [5.41, 5.74) is 1.93. The number of aryl methyl sites for hydroxylation is 1. The van der Waals surface area contributed by atoms with Crippen LogP contribution in [-0.4, -0.2) is 78.6 Å². The van der Waals surface area contributed by atoms with Gasteiger partial charge in [-0.15, -0.1) is 11.3 Å². The topological polar surface area (TPSA) is 157 Å². The molecule has 0 spiro atoms. The lowest BCUT2D eigenvalue weighted by Crippen LogP contribution is -2.54. The van der Waals surface area contributed by atoms with Crippen molar-refractivity contribution in [1.82, 2.24) is 24.9 Å². The zero-order chi connectivity index (χ0) is 37.7. The van der Waals surface area contributed by atoms with Crippen LogP contribution < -0.4 is 19.5 Å². The highest BCUT2D eigenvalue weighted by atomic mass is 32.2. The number of methoxy groups -OCH3 is 1. The van der Waals surface area contributed by atoms with Crippen LogP contribution in [0.4, 0.5) is 0 Å². The standard InChI is InChI=1S/C39H49N5O7S2/c1-6-26-32(50-5)15-14-27-33(19-30(40-34(26)27)36-41-31(21-52-36)22(2)3)51-24-17-28-29(18-24)37(46)44(4)16-10-8-7-9-11-23-20-39(23,42-35(28)45)38(47)43-53(48,49)25-12-13-25/h9,11,14-15,19,21-25,28-29H,6-8,10,12-13,16-18,20H2,1-5H3,(H,42,45)(H,43,47)/t23-,24-,28-,29-,39-/m1/s1. The number of fused-ring (bicyclic) bond motifs is 3. The van der Waals surface area contributed by atoms with E-state index < -0.39 is 50.6 Å². The predicted molar refractivity (Wildman–Crippen MR) is 203 cm³/mol. The highest BCUT2D eigenvalue weighted by molar-refractivity contribution is 7.91. The molecule has 284 valence electrons. The summed E-state index contributed by atoms with van der Waals surface area (Å²) in [6, 6.07) is 5.73. The molecule has 4 aliphatic rings. The molecule has 3 saturated carbocycles. The first-order valence-electron chi connectivity index (χ1n) is 18.8. The lowest BCUT2D eigenvalue weighted by molar-refractivity contribution is -0.140. The van der Waals surface area contributed by atoms with Crippen LogP contribution in [0.15, 0.2) is 35.7 Å². The quantitative estimate of drug-likeness (QED) is 0.269. The van der Waals surface area contributed by atoms with E-state index in [9.17, 15) is 22.8 Å². The number of carbonyl (C=O) groups is 3. The lowest BCUT2D eigenvalue weighted by Gasteiger charge is -2.26. The number of nitrogens with one attached hydrogen (secondary N) is 2. The molecule has 0 unspecified atom stereocenters. The van der Waals surface area contributed by atoms with Gasteiger partial charge in [0.2, 0.25) is 21.8 Å². The van der Waals surface area contributed by atoms with E-state index in [1.165, 1.54) is 11.3 Å². The molecule has 2 aromatic heterocycles. The van der Waals surface area contributed by atoms with Crippen molar-refractivity contribution in [3.8, 4) is 22.2 Å².